The first-order valence-corrected chi connectivity index (χ1v) is 13.5. The van der Waals surface area contributed by atoms with E-state index in [1.54, 1.807) is 38.1 Å². The van der Waals surface area contributed by atoms with Crippen molar-refractivity contribution in [1.29, 1.82) is 0 Å². The van der Waals surface area contributed by atoms with Gasteiger partial charge in [0.15, 0.2) is 0 Å². The lowest BCUT2D eigenvalue weighted by Gasteiger charge is -2.17. The first kappa shape index (κ1) is 24.0. The third kappa shape index (κ3) is 4.45. The van der Waals surface area contributed by atoms with Crippen molar-refractivity contribution in [3.05, 3.63) is 77.4 Å². The Balaban J connectivity index is 2.23. The van der Waals surface area contributed by atoms with Crippen molar-refractivity contribution in [3.63, 3.8) is 0 Å². The molecule has 32 heavy (non-hydrogen) atoms. The SMILES string of the molecule is CCc1ccc(S(=O)(=O)c2cc(S(=O)(=O)c3ccc(CC)cc3)c(C(C)C)cc2O)cc1. The van der Waals surface area contributed by atoms with E-state index in [9.17, 15) is 21.9 Å². The zero-order valence-corrected chi connectivity index (χ0v) is 20.3. The molecule has 0 aliphatic rings. The molecule has 170 valence electrons. The number of hydrogen-bond acceptors (Lipinski definition) is 5. The molecular weight excluding hydrogens is 444 g/mol. The van der Waals surface area contributed by atoms with E-state index in [1.807, 2.05) is 13.8 Å². The third-order valence-corrected chi connectivity index (χ3v) is 9.20. The van der Waals surface area contributed by atoms with Crippen molar-refractivity contribution in [2.24, 2.45) is 0 Å². The van der Waals surface area contributed by atoms with E-state index >= 15 is 0 Å². The summed E-state index contributed by atoms with van der Waals surface area (Å²) in [6, 6.07) is 15.3. The van der Waals surface area contributed by atoms with Gasteiger partial charge in [0.1, 0.15) is 10.6 Å². The molecule has 7 heteroatoms. The minimum atomic E-state index is -4.13. The number of benzene rings is 3. The van der Waals surface area contributed by atoms with Crippen molar-refractivity contribution in [2.45, 2.75) is 66.0 Å². The Hall–Kier alpha value is -2.64. The smallest absolute Gasteiger partial charge is 0.210 e. The minimum absolute atomic E-state index is 0.00190. The summed E-state index contributed by atoms with van der Waals surface area (Å²) in [5.74, 6) is -0.713. The summed E-state index contributed by atoms with van der Waals surface area (Å²) in [5.41, 5.74) is 2.34. The molecule has 3 aromatic rings. The Morgan fingerprint density at radius 3 is 1.47 bits per heavy atom. The van der Waals surface area contributed by atoms with Gasteiger partial charge in [-0.05, 0) is 71.8 Å². The monoisotopic (exact) mass is 472 g/mol. The maximum absolute atomic E-state index is 13.5. The molecule has 0 unspecified atom stereocenters. The highest BCUT2D eigenvalue weighted by atomic mass is 32.2. The van der Waals surface area contributed by atoms with Crippen LogP contribution >= 0.6 is 0 Å². The van der Waals surface area contributed by atoms with Gasteiger partial charge < -0.3 is 5.11 Å². The Morgan fingerprint density at radius 2 is 1.09 bits per heavy atom. The summed E-state index contributed by atoms with van der Waals surface area (Å²) < 4.78 is 53.5. The number of aromatic hydroxyl groups is 1. The predicted octanol–water partition coefficient (Wildman–Crippen LogP) is 5.31. The fourth-order valence-corrected chi connectivity index (χ4v) is 6.58. The van der Waals surface area contributed by atoms with Crippen LogP contribution in [-0.2, 0) is 32.5 Å². The van der Waals surface area contributed by atoms with Crippen LogP contribution < -0.4 is 0 Å². The zero-order valence-electron chi connectivity index (χ0n) is 18.7. The zero-order chi connectivity index (χ0) is 23.7. The summed E-state index contributed by atoms with van der Waals surface area (Å²) in [5, 5.41) is 10.6. The van der Waals surface area contributed by atoms with Crippen molar-refractivity contribution in [2.75, 3.05) is 0 Å². The molecule has 0 aliphatic carbocycles. The molecule has 0 radical (unpaired) electrons. The second-order valence-corrected chi connectivity index (χ2v) is 11.9. The fourth-order valence-electron chi connectivity index (χ4n) is 3.53. The van der Waals surface area contributed by atoms with E-state index in [1.165, 1.54) is 30.3 Å². The molecule has 0 amide bonds. The molecule has 0 aromatic heterocycles. The van der Waals surface area contributed by atoms with Crippen molar-refractivity contribution < 1.29 is 21.9 Å². The number of hydrogen-bond donors (Lipinski definition) is 1. The van der Waals surface area contributed by atoms with Gasteiger partial charge in [-0.3, -0.25) is 0 Å². The van der Waals surface area contributed by atoms with Gasteiger partial charge in [-0.15, -0.1) is 0 Å². The highest BCUT2D eigenvalue weighted by molar-refractivity contribution is 7.92. The van der Waals surface area contributed by atoms with Gasteiger partial charge in [0.2, 0.25) is 19.7 Å². The van der Waals surface area contributed by atoms with Crippen LogP contribution in [0.15, 0.2) is 80.2 Å². The number of phenolic OH excluding ortho intramolecular Hbond substituents is 1. The van der Waals surface area contributed by atoms with Crippen LogP contribution in [0, 0.1) is 0 Å². The Labute approximate surface area is 190 Å². The molecular formula is C25H28O5S2. The summed E-state index contributed by atoms with van der Waals surface area (Å²) >= 11 is 0. The van der Waals surface area contributed by atoms with Crippen molar-refractivity contribution in [3.8, 4) is 5.75 Å². The van der Waals surface area contributed by atoms with Crippen LogP contribution in [0.2, 0.25) is 0 Å². The van der Waals surface area contributed by atoms with E-state index in [2.05, 4.69) is 0 Å². The molecule has 0 saturated heterocycles. The van der Waals surface area contributed by atoms with Gasteiger partial charge in [-0.2, -0.15) is 0 Å². The van der Waals surface area contributed by atoms with E-state index in [0.717, 1.165) is 30.0 Å². The maximum atomic E-state index is 13.5. The minimum Gasteiger partial charge on any atom is -0.507 e. The maximum Gasteiger partial charge on any atom is 0.210 e. The molecule has 0 fully saturated rings. The summed E-state index contributed by atoms with van der Waals surface area (Å²) in [7, 11) is -8.13. The van der Waals surface area contributed by atoms with Crippen LogP contribution in [-0.4, -0.2) is 21.9 Å². The molecule has 0 bridgehead atoms. The average molecular weight is 473 g/mol. The highest BCUT2D eigenvalue weighted by Crippen LogP contribution is 2.38. The van der Waals surface area contributed by atoms with Crippen LogP contribution in [0.3, 0.4) is 0 Å². The van der Waals surface area contributed by atoms with Gasteiger partial charge >= 0.3 is 0 Å². The largest absolute Gasteiger partial charge is 0.507 e. The van der Waals surface area contributed by atoms with E-state index in [-0.39, 0.29) is 20.6 Å². The molecule has 0 atom stereocenters. The van der Waals surface area contributed by atoms with Crippen LogP contribution in [0.25, 0.3) is 0 Å². The summed E-state index contributed by atoms with van der Waals surface area (Å²) in [4.78, 5) is -0.455. The first-order chi connectivity index (χ1) is 15.0. The second-order valence-electron chi connectivity index (χ2n) is 8.01. The van der Waals surface area contributed by atoms with Crippen molar-refractivity contribution >= 4 is 19.7 Å². The van der Waals surface area contributed by atoms with E-state index in [4.69, 9.17) is 0 Å². The number of sulfone groups is 2. The van der Waals surface area contributed by atoms with E-state index in [0.29, 0.717) is 5.56 Å². The topological polar surface area (TPSA) is 88.5 Å². The third-order valence-electron chi connectivity index (χ3n) is 5.58. The lowest BCUT2D eigenvalue weighted by molar-refractivity contribution is 0.456. The highest BCUT2D eigenvalue weighted by Gasteiger charge is 2.29. The Kier molecular flexibility index (Phi) is 6.81. The average Bonchev–Trinajstić information content (AvgIpc) is 2.78. The molecule has 0 heterocycles. The van der Waals surface area contributed by atoms with E-state index < -0.39 is 30.3 Å². The van der Waals surface area contributed by atoms with Gasteiger partial charge in [0.05, 0.1) is 14.7 Å². The van der Waals surface area contributed by atoms with Gasteiger partial charge in [0, 0.05) is 0 Å². The number of aryl methyl sites for hydroxylation is 2. The van der Waals surface area contributed by atoms with Crippen LogP contribution in [0.4, 0.5) is 0 Å². The second kappa shape index (κ2) is 9.08. The van der Waals surface area contributed by atoms with Crippen LogP contribution in [0.5, 0.6) is 5.75 Å². The van der Waals surface area contributed by atoms with Gasteiger partial charge in [0.25, 0.3) is 0 Å². The standard InChI is InChI=1S/C25H28O5S2/c1-5-18-7-11-20(12-8-18)31(27,28)24-16-25(23(26)15-22(24)17(3)4)32(29,30)21-13-9-19(6-2)10-14-21/h7-17,26H,5-6H2,1-4H3. The molecule has 1 N–H and O–H groups in total. The summed E-state index contributed by atoms with van der Waals surface area (Å²) in [6.45, 7) is 7.53. The number of rotatable bonds is 7. The molecule has 5 nitrogen and oxygen atoms in total. The van der Waals surface area contributed by atoms with Crippen LogP contribution in [0.1, 0.15) is 50.3 Å². The normalized spacial score (nSPS) is 12.3. The molecule has 0 spiro atoms. The summed E-state index contributed by atoms with van der Waals surface area (Å²) in [6.07, 6.45) is 1.53. The van der Waals surface area contributed by atoms with Crippen molar-refractivity contribution in [1.82, 2.24) is 0 Å². The predicted molar refractivity (Wildman–Crippen MR) is 125 cm³/mol. The molecule has 0 saturated carbocycles. The van der Waals surface area contributed by atoms with Gasteiger partial charge in [-0.1, -0.05) is 52.0 Å². The first-order valence-electron chi connectivity index (χ1n) is 10.6. The molecule has 3 rings (SSSR count). The number of phenols is 1. The lowest BCUT2D eigenvalue weighted by Crippen LogP contribution is -2.10. The van der Waals surface area contributed by atoms with Gasteiger partial charge in [-0.25, -0.2) is 16.8 Å². The quantitative estimate of drug-likeness (QED) is 0.504. The molecule has 3 aromatic carbocycles. The fraction of sp³-hybridized carbons (Fsp3) is 0.280. The Morgan fingerprint density at radius 1 is 0.688 bits per heavy atom. The molecule has 0 aliphatic heterocycles. The lowest BCUT2D eigenvalue weighted by atomic mass is 10.0. The Bertz CT molecular complexity index is 1320.